The molecule has 23 heavy (non-hydrogen) atoms. The zero-order valence-corrected chi connectivity index (χ0v) is 13.7. The SMILES string of the molecule is CC1(C)OC(=O)N(C(=O)CC23CC(C2)C3)[C@H]1Cc1ccccc1. The molecule has 4 fully saturated rings. The van der Waals surface area contributed by atoms with Gasteiger partial charge in [-0.15, -0.1) is 0 Å². The largest absolute Gasteiger partial charge is 0.441 e. The summed E-state index contributed by atoms with van der Waals surface area (Å²) >= 11 is 0. The molecular weight excluding hydrogens is 290 g/mol. The summed E-state index contributed by atoms with van der Waals surface area (Å²) in [5, 5.41) is 0. The van der Waals surface area contributed by atoms with Crippen LogP contribution in [0.2, 0.25) is 0 Å². The van der Waals surface area contributed by atoms with Gasteiger partial charge < -0.3 is 4.74 Å². The molecule has 1 atom stereocenters. The minimum Gasteiger partial charge on any atom is -0.441 e. The fourth-order valence-electron chi connectivity index (χ4n) is 4.51. The summed E-state index contributed by atoms with van der Waals surface area (Å²) in [5.74, 6) is 0.782. The first-order valence-corrected chi connectivity index (χ1v) is 8.48. The first-order chi connectivity index (χ1) is 10.9. The molecule has 1 heterocycles. The second-order valence-corrected chi connectivity index (χ2v) is 8.10. The van der Waals surface area contributed by atoms with Gasteiger partial charge in [0.2, 0.25) is 5.91 Å². The van der Waals surface area contributed by atoms with Crippen molar-refractivity contribution in [2.45, 2.75) is 57.6 Å². The maximum atomic E-state index is 12.8. The fraction of sp³-hybridized carbons (Fsp3) is 0.579. The number of imide groups is 1. The molecule has 4 heteroatoms. The Morgan fingerprint density at radius 1 is 1.22 bits per heavy atom. The highest BCUT2D eigenvalue weighted by Gasteiger charge is 2.59. The van der Waals surface area contributed by atoms with Crippen LogP contribution in [0.3, 0.4) is 0 Å². The molecule has 5 rings (SSSR count). The van der Waals surface area contributed by atoms with E-state index >= 15 is 0 Å². The van der Waals surface area contributed by atoms with Gasteiger partial charge in [-0.05, 0) is 56.4 Å². The van der Waals surface area contributed by atoms with E-state index in [0.29, 0.717) is 12.8 Å². The molecule has 1 aliphatic heterocycles. The van der Waals surface area contributed by atoms with Crippen molar-refractivity contribution in [2.24, 2.45) is 11.3 Å². The van der Waals surface area contributed by atoms with Gasteiger partial charge in [-0.3, -0.25) is 4.79 Å². The van der Waals surface area contributed by atoms with Crippen LogP contribution < -0.4 is 0 Å². The number of benzene rings is 1. The number of carbonyl (C=O) groups excluding carboxylic acids is 2. The van der Waals surface area contributed by atoms with Gasteiger partial charge in [-0.2, -0.15) is 0 Å². The van der Waals surface area contributed by atoms with Crippen LogP contribution in [0.25, 0.3) is 0 Å². The van der Waals surface area contributed by atoms with Crippen molar-refractivity contribution in [3.8, 4) is 0 Å². The lowest BCUT2D eigenvalue weighted by Crippen LogP contribution is -2.55. The van der Waals surface area contributed by atoms with E-state index in [1.165, 1.54) is 4.90 Å². The van der Waals surface area contributed by atoms with E-state index < -0.39 is 11.7 Å². The minimum atomic E-state index is -0.651. The molecule has 0 spiro atoms. The Kier molecular flexibility index (Phi) is 3.09. The predicted molar refractivity (Wildman–Crippen MR) is 85.7 cm³/mol. The molecule has 4 nitrogen and oxygen atoms in total. The Morgan fingerprint density at radius 2 is 1.87 bits per heavy atom. The van der Waals surface area contributed by atoms with Crippen molar-refractivity contribution in [3.63, 3.8) is 0 Å². The molecular formula is C19H23NO3. The van der Waals surface area contributed by atoms with Crippen molar-refractivity contribution >= 4 is 12.0 Å². The maximum Gasteiger partial charge on any atom is 0.417 e. The van der Waals surface area contributed by atoms with E-state index in [0.717, 1.165) is 30.7 Å². The van der Waals surface area contributed by atoms with Gasteiger partial charge in [-0.1, -0.05) is 30.3 Å². The van der Waals surface area contributed by atoms with Crippen molar-refractivity contribution in [1.29, 1.82) is 0 Å². The summed E-state index contributed by atoms with van der Waals surface area (Å²) in [6.07, 6.45) is 4.14. The van der Waals surface area contributed by atoms with Gasteiger partial charge >= 0.3 is 6.09 Å². The number of hydrogen-bond donors (Lipinski definition) is 0. The number of hydrogen-bond acceptors (Lipinski definition) is 3. The lowest BCUT2D eigenvalue weighted by Gasteiger charge is -2.62. The number of cyclic esters (lactones) is 1. The zero-order valence-electron chi connectivity index (χ0n) is 13.7. The Morgan fingerprint density at radius 3 is 2.43 bits per heavy atom. The van der Waals surface area contributed by atoms with Crippen LogP contribution in [0.15, 0.2) is 30.3 Å². The number of ether oxygens (including phenoxy) is 1. The summed E-state index contributed by atoms with van der Waals surface area (Å²) in [5.41, 5.74) is 0.667. The van der Waals surface area contributed by atoms with E-state index in [1.54, 1.807) is 0 Å². The van der Waals surface area contributed by atoms with Gasteiger partial charge in [-0.25, -0.2) is 9.69 Å². The molecule has 2 amide bonds. The Labute approximate surface area is 136 Å². The lowest BCUT2D eigenvalue weighted by atomic mass is 9.43. The van der Waals surface area contributed by atoms with Crippen LogP contribution in [0.1, 0.15) is 45.1 Å². The monoisotopic (exact) mass is 313 g/mol. The second-order valence-electron chi connectivity index (χ2n) is 8.10. The Bertz CT molecular complexity index is 635. The number of amides is 2. The summed E-state index contributed by atoms with van der Waals surface area (Å²) in [6.45, 7) is 3.79. The van der Waals surface area contributed by atoms with E-state index in [4.69, 9.17) is 4.74 Å². The highest BCUT2D eigenvalue weighted by molar-refractivity contribution is 5.94. The number of nitrogens with zero attached hydrogens (tertiary/aromatic N) is 1. The zero-order chi connectivity index (χ0) is 16.2. The third-order valence-electron chi connectivity index (χ3n) is 5.89. The molecule has 0 radical (unpaired) electrons. The Hall–Kier alpha value is -1.84. The lowest BCUT2D eigenvalue weighted by molar-refractivity contribution is -0.151. The molecule has 4 aliphatic rings. The standard InChI is InChI=1S/C19H23NO3/c1-18(2)15(8-13-6-4-3-5-7-13)20(17(22)23-18)16(21)12-19-9-14(10-19)11-19/h3-7,14-15H,8-12H2,1-2H3/t14?,15-,19?/m0/s1. The summed E-state index contributed by atoms with van der Waals surface area (Å²) in [4.78, 5) is 26.5. The van der Waals surface area contributed by atoms with Crippen LogP contribution in [-0.4, -0.2) is 28.5 Å². The summed E-state index contributed by atoms with van der Waals surface area (Å²) < 4.78 is 5.51. The van der Waals surface area contributed by atoms with Crippen LogP contribution in [0, 0.1) is 11.3 Å². The number of rotatable bonds is 4. The van der Waals surface area contributed by atoms with Crippen molar-refractivity contribution < 1.29 is 14.3 Å². The molecule has 2 bridgehead atoms. The quantitative estimate of drug-likeness (QED) is 0.854. The van der Waals surface area contributed by atoms with Gasteiger partial charge in [0.1, 0.15) is 5.60 Å². The van der Waals surface area contributed by atoms with Crippen LogP contribution in [0.4, 0.5) is 4.79 Å². The molecule has 1 aromatic rings. The highest BCUT2D eigenvalue weighted by Crippen LogP contribution is 2.66. The first kappa shape index (κ1) is 14.7. The second kappa shape index (κ2) is 4.83. The third kappa shape index (κ3) is 2.35. The van der Waals surface area contributed by atoms with Crippen molar-refractivity contribution in [3.05, 3.63) is 35.9 Å². The molecule has 3 saturated carbocycles. The molecule has 0 aromatic heterocycles. The average Bonchev–Trinajstić information content (AvgIpc) is 2.63. The third-order valence-corrected chi connectivity index (χ3v) is 5.89. The normalized spacial score (nSPS) is 33.7. The van der Waals surface area contributed by atoms with Crippen LogP contribution in [0.5, 0.6) is 0 Å². The van der Waals surface area contributed by atoms with E-state index in [9.17, 15) is 9.59 Å². The predicted octanol–water partition coefficient (Wildman–Crippen LogP) is 3.55. The summed E-state index contributed by atoms with van der Waals surface area (Å²) in [6, 6.07) is 9.75. The molecule has 0 unspecified atom stereocenters. The Balaban J connectivity index is 1.54. The maximum absolute atomic E-state index is 12.8. The molecule has 3 aliphatic carbocycles. The van der Waals surface area contributed by atoms with Crippen LogP contribution >= 0.6 is 0 Å². The highest BCUT2D eigenvalue weighted by atomic mass is 16.6. The summed E-state index contributed by atoms with van der Waals surface area (Å²) in [7, 11) is 0. The first-order valence-electron chi connectivity index (χ1n) is 8.48. The molecule has 0 N–H and O–H groups in total. The average molecular weight is 313 g/mol. The van der Waals surface area contributed by atoms with E-state index in [2.05, 4.69) is 0 Å². The van der Waals surface area contributed by atoms with Gasteiger partial charge in [0.25, 0.3) is 0 Å². The minimum absolute atomic E-state index is 0.0559. The van der Waals surface area contributed by atoms with E-state index in [-0.39, 0.29) is 17.4 Å². The van der Waals surface area contributed by atoms with Gasteiger partial charge in [0.15, 0.2) is 0 Å². The van der Waals surface area contributed by atoms with Gasteiger partial charge in [0, 0.05) is 6.42 Å². The van der Waals surface area contributed by atoms with Crippen LogP contribution in [-0.2, 0) is 16.0 Å². The molecule has 1 aromatic carbocycles. The number of carbonyl (C=O) groups is 2. The van der Waals surface area contributed by atoms with E-state index in [1.807, 2.05) is 44.2 Å². The van der Waals surface area contributed by atoms with Crippen molar-refractivity contribution in [2.75, 3.05) is 0 Å². The fourth-order valence-corrected chi connectivity index (χ4v) is 4.51. The van der Waals surface area contributed by atoms with Crippen molar-refractivity contribution in [1.82, 2.24) is 4.90 Å². The topological polar surface area (TPSA) is 46.6 Å². The van der Waals surface area contributed by atoms with Gasteiger partial charge in [0.05, 0.1) is 6.04 Å². The molecule has 122 valence electrons. The smallest absolute Gasteiger partial charge is 0.417 e. The molecule has 1 saturated heterocycles.